The quantitative estimate of drug-likeness (QED) is 0.461. The predicted molar refractivity (Wildman–Crippen MR) is 133 cm³/mol. The van der Waals surface area contributed by atoms with E-state index >= 15 is 0 Å². The number of hydrogen-bond acceptors (Lipinski definition) is 5. The minimum atomic E-state index is 0.443. The molecule has 0 atom stereocenters. The summed E-state index contributed by atoms with van der Waals surface area (Å²) in [5.41, 5.74) is 2.60. The first-order valence-electron chi connectivity index (χ1n) is 12.5. The van der Waals surface area contributed by atoms with E-state index in [1.54, 1.807) is 0 Å². The van der Waals surface area contributed by atoms with Gasteiger partial charge < -0.3 is 20.9 Å². The zero-order chi connectivity index (χ0) is 21.6. The molecule has 0 amide bonds. The first-order chi connectivity index (χ1) is 15.1. The average molecular weight is 445 g/mol. The predicted octanol–water partition coefficient (Wildman–Crippen LogP) is 4.33. The molecule has 3 aliphatic rings. The highest BCUT2D eigenvalue weighted by Crippen LogP contribution is 2.29. The molecule has 2 fully saturated rings. The molecule has 172 valence electrons. The summed E-state index contributed by atoms with van der Waals surface area (Å²) < 4.78 is 0. The summed E-state index contributed by atoms with van der Waals surface area (Å²) >= 11 is 5.63. The Hall–Kier alpha value is -1.63. The van der Waals surface area contributed by atoms with Gasteiger partial charge in [-0.1, -0.05) is 25.7 Å². The van der Waals surface area contributed by atoms with Crippen molar-refractivity contribution in [1.29, 1.82) is 0 Å². The van der Waals surface area contributed by atoms with Crippen LogP contribution in [0.5, 0.6) is 0 Å². The molecule has 4 rings (SSSR count). The van der Waals surface area contributed by atoms with E-state index in [1.807, 2.05) is 0 Å². The Balaban J connectivity index is 1.26. The van der Waals surface area contributed by atoms with Gasteiger partial charge in [0.15, 0.2) is 5.11 Å². The maximum atomic E-state index is 5.63. The van der Waals surface area contributed by atoms with Gasteiger partial charge in [-0.25, -0.2) is 4.98 Å². The van der Waals surface area contributed by atoms with E-state index < -0.39 is 0 Å². The zero-order valence-corrected chi connectivity index (χ0v) is 20.2. The fourth-order valence-corrected chi connectivity index (χ4v) is 5.74. The largest absolute Gasteiger partial charge is 0.362 e. The van der Waals surface area contributed by atoms with Crippen LogP contribution in [0, 0.1) is 0 Å². The molecule has 0 aromatic carbocycles. The smallest absolute Gasteiger partial charge is 0.225 e. The summed E-state index contributed by atoms with van der Waals surface area (Å²) in [6.45, 7) is 0. The van der Waals surface area contributed by atoms with E-state index in [0.29, 0.717) is 18.1 Å². The highest BCUT2D eigenvalue weighted by Gasteiger charge is 2.25. The molecule has 2 saturated carbocycles. The summed E-state index contributed by atoms with van der Waals surface area (Å²) in [6, 6.07) is 1.48. The van der Waals surface area contributed by atoms with Crippen LogP contribution < -0.4 is 20.9 Å². The van der Waals surface area contributed by atoms with Crippen molar-refractivity contribution < 1.29 is 0 Å². The van der Waals surface area contributed by atoms with Crippen molar-refractivity contribution in [3.05, 3.63) is 11.3 Å². The van der Waals surface area contributed by atoms with Gasteiger partial charge in [0.05, 0.1) is 5.69 Å². The van der Waals surface area contributed by atoms with Gasteiger partial charge >= 0.3 is 0 Å². The van der Waals surface area contributed by atoms with Crippen molar-refractivity contribution in [2.45, 2.75) is 108 Å². The summed E-state index contributed by atoms with van der Waals surface area (Å²) in [4.78, 5) is 11.9. The van der Waals surface area contributed by atoms with Crippen molar-refractivity contribution in [1.82, 2.24) is 20.6 Å². The summed E-state index contributed by atoms with van der Waals surface area (Å²) in [7, 11) is 4.17. The summed E-state index contributed by atoms with van der Waals surface area (Å²) in [5, 5.41) is 11.7. The first-order valence-corrected chi connectivity index (χ1v) is 12.9. The van der Waals surface area contributed by atoms with Gasteiger partial charge in [0.2, 0.25) is 5.95 Å². The van der Waals surface area contributed by atoms with Crippen molar-refractivity contribution >= 4 is 29.1 Å². The number of thiocarbonyl (C=S) groups is 1. The molecule has 0 spiro atoms. The van der Waals surface area contributed by atoms with Gasteiger partial charge in [-0.05, 0) is 76.4 Å². The number of hydrogen-bond donors (Lipinski definition) is 3. The number of aromatic nitrogens is 2. The topological polar surface area (TPSA) is 65.1 Å². The fraction of sp³-hybridized carbons (Fsp3) is 0.792. The van der Waals surface area contributed by atoms with E-state index in [0.717, 1.165) is 55.4 Å². The highest BCUT2D eigenvalue weighted by molar-refractivity contribution is 7.80. The minimum absolute atomic E-state index is 0.443. The lowest BCUT2D eigenvalue weighted by molar-refractivity contribution is 0.383. The third-order valence-corrected chi connectivity index (χ3v) is 7.41. The van der Waals surface area contributed by atoms with Gasteiger partial charge in [0.25, 0.3) is 0 Å². The normalized spacial score (nSPS) is 24.6. The molecular weight excluding hydrogens is 404 g/mol. The van der Waals surface area contributed by atoms with Crippen molar-refractivity contribution in [3.63, 3.8) is 0 Å². The Kier molecular flexibility index (Phi) is 7.86. The Morgan fingerprint density at radius 2 is 1.39 bits per heavy atom. The number of anilines is 2. The number of nitrogens with zero attached hydrogens (tertiary/aromatic N) is 3. The molecule has 6 nitrogen and oxygen atoms in total. The first kappa shape index (κ1) is 22.6. The lowest BCUT2D eigenvalue weighted by Crippen LogP contribution is -2.47. The molecule has 0 saturated heterocycles. The maximum absolute atomic E-state index is 5.63. The molecule has 31 heavy (non-hydrogen) atoms. The molecule has 1 aromatic rings. The number of fused-ring (bicyclic) bond motifs is 1. The summed E-state index contributed by atoms with van der Waals surface area (Å²) in [6.07, 6.45) is 17.1. The molecule has 0 aliphatic heterocycles. The standard InChI is InChI=1S/C24H40N6S/c1-30(2)22-20-11-7-8-12-21(20)28-23(29-22)25-18-13-15-19(16-14-18)27-24(31)26-17-9-5-3-4-6-10-17/h17-19H,3-16H2,1-2H3,(H,25,28,29)(H2,26,27,31)/t18-,19+. The number of aryl methyl sites for hydroxylation is 1. The molecule has 0 radical (unpaired) electrons. The van der Waals surface area contributed by atoms with Crippen LogP contribution in [0.25, 0.3) is 0 Å². The van der Waals surface area contributed by atoms with Gasteiger partial charge in [0, 0.05) is 37.8 Å². The van der Waals surface area contributed by atoms with E-state index in [9.17, 15) is 0 Å². The second-order valence-electron chi connectivity index (χ2n) is 9.90. The Labute approximate surface area is 193 Å². The maximum Gasteiger partial charge on any atom is 0.225 e. The highest BCUT2D eigenvalue weighted by atomic mass is 32.1. The van der Waals surface area contributed by atoms with E-state index in [1.165, 1.54) is 62.6 Å². The average Bonchev–Trinajstić information content (AvgIpc) is 3.03. The van der Waals surface area contributed by atoms with E-state index in [2.05, 4.69) is 34.9 Å². The van der Waals surface area contributed by atoms with Crippen molar-refractivity contribution in [2.24, 2.45) is 0 Å². The van der Waals surface area contributed by atoms with Crippen molar-refractivity contribution in [2.75, 3.05) is 24.3 Å². The monoisotopic (exact) mass is 444 g/mol. The SMILES string of the molecule is CN(C)c1nc(N[C@H]2CC[C@@H](NC(=S)NC3CCCCCC3)CC2)nc2c1CCCC2. The van der Waals surface area contributed by atoms with Gasteiger partial charge in [0.1, 0.15) is 5.82 Å². The molecule has 1 heterocycles. The van der Waals surface area contributed by atoms with Gasteiger partial charge in [-0.2, -0.15) is 4.98 Å². The Morgan fingerprint density at radius 3 is 2.06 bits per heavy atom. The van der Waals surface area contributed by atoms with Crippen molar-refractivity contribution in [3.8, 4) is 0 Å². The van der Waals surface area contributed by atoms with Gasteiger partial charge in [-0.15, -0.1) is 0 Å². The molecule has 0 bridgehead atoms. The van der Waals surface area contributed by atoms with Gasteiger partial charge in [-0.3, -0.25) is 0 Å². The molecule has 0 unspecified atom stereocenters. The van der Waals surface area contributed by atoms with Crippen LogP contribution in [0.15, 0.2) is 0 Å². The van der Waals surface area contributed by atoms with E-state index in [4.69, 9.17) is 22.2 Å². The lowest BCUT2D eigenvalue weighted by atomic mass is 9.91. The summed E-state index contributed by atoms with van der Waals surface area (Å²) in [5.74, 6) is 1.91. The Morgan fingerprint density at radius 1 is 0.774 bits per heavy atom. The fourth-order valence-electron chi connectivity index (χ4n) is 5.41. The van der Waals surface area contributed by atoms with Crippen LogP contribution in [0.4, 0.5) is 11.8 Å². The number of nitrogens with one attached hydrogen (secondary N) is 3. The third-order valence-electron chi connectivity index (χ3n) is 7.17. The van der Waals surface area contributed by atoms with Crippen LogP contribution in [-0.2, 0) is 12.8 Å². The second-order valence-corrected chi connectivity index (χ2v) is 10.3. The van der Waals surface area contributed by atoms with Crippen LogP contribution in [-0.4, -0.2) is 47.3 Å². The van der Waals surface area contributed by atoms with Crippen LogP contribution >= 0.6 is 12.2 Å². The molecular formula is C24H40N6S. The minimum Gasteiger partial charge on any atom is -0.362 e. The lowest BCUT2D eigenvalue weighted by Gasteiger charge is -2.32. The van der Waals surface area contributed by atoms with Crippen LogP contribution in [0.3, 0.4) is 0 Å². The molecule has 7 heteroatoms. The molecule has 1 aromatic heterocycles. The van der Waals surface area contributed by atoms with Crippen LogP contribution in [0.1, 0.15) is 88.3 Å². The zero-order valence-electron chi connectivity index (χ0n) is 19.4. The Bertz CT molecular complexity index is 736. The second kappa shape index (κ2) is 10.8. The van der Waals surface area contributed by atoms with E-state index in [-0.39, 0.29) is 0 Å². The third kappa shape index (κ3) is 6.21. The molecule has 3 aliphatic carbocycles. The van der Waals surface area contributed by atoms with Crippen LogP contribution in [0.2, 0.25) is 0 Å². The number of rotatable bonds is 5. The molecule has 3 N–H and O–H groups in total.